The van der Waals surface area contributed by atoms with Gasteiger partial charge in [0.05, 0.1) is 17.6 Å². The molecule has 0 aliphatic heterocycles. The summed E-state index contributed by atoms with van der Waals surface area (Å²) in [4.78, 5) is 11.6. The number of sulfonamides is 1. The third-order valence-electron chi connectivity index (χ3n) is 2.87. The summed E-state index contributed by atoms with van der Waals surface area (Å²) in [7, 11) is -2.53. The lowest BCUT2D eigenvalue weighted by Crippen LogP contribution is -2.27. The highest BCUT2D eigenvalue weighted by atomic mass is 32.2. The van der Waals surface area contributed by atoms with Crippen molar-refractivity contribution >= 4 is 27.3 Å². The third kappa shape index (κ3) is 3.90. The number of carbonyl (C=O) groups excluding carboxylic acids is 1. The standard InChI is InChI=1S/C14H15NO4S2/c1-19-14(16)12-4-2-3-5-13(12)21(17,18)15-8-6-11-7-9-20-10-11/h2-5,7,9-10,15H,6,8H2,1H3. The van der Waals surface area contributed by atoms with Crippen LogP contribution in [0.2, 0.25) is 0 Å². The molecular formula is C14H15NO4S2. The van der Waals surface area contributed by atoms with Gasteiger partial charge in [-0.3, -0.25) is 0 Å². The molecule has 0 atom stereocenters. The van der Waals surface area contributed by atoms with Crippen LogP contribution in [0.5, 0.6) is 0 Å². The summed E-state index contributed by atoms with van der Waals surface area (Å²) in [5.41, 5.74) is 1.10. The minimum absolute atomic E-state index is 0.0306. The molecule has 112 valence electrons. The summed E-state index contributed by atoms with van der Waals surface area (Å²) in [5, 5.41) is 3.91. The minimum Gasteiger partial charge on any atom is -0.465 e. The smallest absolute Gasteiger partial charge is 0.339 e. The number of benzene rings is 1. The van der Waals surface area contributed by atoms with Crippen LogP contribution in [0, 0.1) is 0 Å². The summed E-state index contributed by atoms with van der Waals surface area (Å²) >= 11 is 1.56. The number of nitrogens with one attached hydrogen (secondary N) is 1. The van der Waals surface area contributed by atoms with E-state index in [-0.39, 0.29) is 17.0 Å². The zero-order valence-electron chi connectivity index (χ0n) is 11.4. The Morgan fingerprint density at radius 3 is 2.71 bits per heavy atom. The molecule has 5 nitrogen and oxygen atoms in total. The molecule has 0 fully saturated rings. The number of rotatable bonds is 6. The van der Waals surface area contributed by atoms with Crippen LogP contribution in [-0.2, 0) is 21.2 Å². The first-order valence-electron chi connectivity index (χ1n) is 6.22. The van der Waals surface area contributed by atoms with Crippen molar-refractivity contribution in [3.05, 3.63) is 52.2 Å². The molecule has 0 aliphatic rings. The fourth-order valence-electron chi connectivity index (χ4n) is 1.82. The fourth-order valence-corrected chi connectivity index (χ4v) is 3.75. The van der Waals surface area contributed by atoms with Crippen LogP contribution in [0.3, 0.4) is 0 Å². The van der Waals surface area contributed by atoms with E-state index in [4.69, 9.17) is 0 Å². The molecule has 0 saturated carbocycles. The molecule has 1 aromatic carbocycles. The van der Waals surface area contributed by atoms with Gasteiger partial charge in [0, 0.05) is 6.54 Å². The van der Waals surface area contributed by atoms with Gasteiger partial charge in [-0.25, -0.2) is 17.9 Å². The Bertz CT molecular complexity index is 708. The van der Waals surface area contributed by atoms with E-state index in [1.165, 1.54) is 19.2 Å². The first kappa shape index (κ1) is 15.7. The number of ether oxygens (including phenoxy) is 1. The van der Waals surface area contributed by atoms with Crippen molar-refractivity contribution in [2.75, 3.05) is 13.7 Å². The lowest BCUT2D eigenvalue weighted by Gasteiger charge is -2.10. The summed E-state index contributed by atoms with van der Waals surface area (Å²) < 4.78 is 31.7. The van der Waals surface area contributed by atoms with E-state index >= 15 is 0 Å². The van der Waals surface area contributed by atoms with E-state index in [0.29, 0.717) is 6.42 Å². The average molecular weight is 325 g/mol. The second-order valence-corrected chi connectivity index (χ2v) is 6.78. The van der Waals surface area contributed by atoms with Crippen LogP contribution < -0.4 is 4.72 Å². The lowest BCUT2D eigenvalue weighted by atomic mass is 10.2. The van der Waals surface area contributed by atoms with E-state index in [9.17, 15) is 13.2 Å². The maximum Gasteiger partial charge on any atom is 0.339 e. The maximum absolute atomic E-state index is 12.3. The molecule has 2 aromatic rings. The highest BCUT2D eigenvalue weighted by Crippen LogP contribution is 2.16. The number of hydrogen-bond donors (Lipinski definition) is 1. The summed E-state index contributed by atoms with van der Waals surface area (Å²) in [6.07, 6.45) is 0.600. The van der Waals surface area contributed by atoms with Crippen LogP contribution in [-0.4, -0.2) is 28.0 Å². The summed E-state index contributed by atoms with van der Waals surface area (Å²) in [6.45, 7) is 0.272. The molecule has 0 amide bonds. The molecule has 21 heavy (non-hydrogen) atoms. The predicted octanol–water partition coefficient (Wildman–Crippen LogP) is 2.06. The number of methoxy groups -OCH3 is 1. The van der Waals surface area contributed by atoms with Crippen LogP contribution >= 0.6 is 11.3 Å². The molecular weight excluding hydrogens is 310 g/mol. The first-order valence-corrected chi connectivity index (χ1v) is 8.65. The average Bonchev–Trinajstić information content (AvgIpc) is 2.99. The molecule has 7 heteroatoms. The predicted molar refractivity (Wildman–Crippen MR) is 81.0 cm³/mol. The van der Waals surface area contributed by atoms with Crippen LogP contribution in [0.1, 0.15) is 15.9 Å². The van der Waals surface area contributed by atoms with E-state index in [1.807, 2.05) is 16.8 Å². The summed E-state index contributed by atoms with van der Waals surface area (Å²) in [6, 6.07) is 7.93. The molecule has 1 heterocycles. The van der Waals surface area contributed by atoms with Crippen molar-refractivity contribution in [3.8, 4) is 0 Å². The highest BCUT2D eigenvalue weighted by Gasteiger charge is 2.22. The largest absolute Gasteiger partial charge is 0.465 e. The fraction of sp³-hybridized carbons (Fsp3) is 0.214. The van der Waals surface area contributed by atoms with Crippen molar-refractivity contribution < 1.29 is 17.9 Å². The van der Waals surface area contributed by atoms with Crippen LogP contribution in [0.25, 0.3) is 0 Å². The van der Waals surface area contributed by atoms with Crippen LogP contribution in [0.4, 0.5) is 0 Å². The zero-order valence-corrected chi connectivity index (χ0v) is 13.0. The Morgan fingerprint density at radius 1 is 1.29 bits per heavy atom. The number of hydrogen-bond acceptors (Lipinski definition) is 5. The molecule has 0 radical (unpaired) electrons. The van der Waals surface area contributed by atoms with E-state index in [1.54, 1.807) is 23.5 Å². The lowest BCUT2D eigenvalue weighted by molar-refractivity contribution is 0.0596. The van der Waals surface area contributed by atoms with Gasteiger partial charge >= 0.3 is 5.97 Å². The molecule has 2 rings (SSSR count). The van der Waals surface area contributed by atoms with Crippen molar-refractivity contribution in [1.29, 1.82) is 0 Å². The second-order valence-electron chi connectivity index (χ2n) is 4.27. The van der Waals surface area contributed by atoms with E-state index < -0.39 is 16.0 Å². The van der Waals surface area contributed by atoms with Crippen molar-refractivity contribution in [3.63, 3.8) is 0 Å². The molecule has 0 spiro atoms. The molecule has 1 N–H and O–H groups in total. The quantitative estimate of drug-likeness (QED) is 0.825. The Morgan fingerprint density at radius 2 is 2.05 bits per heavy atom. The van der Waals surface area contributed by atoms with Gasteiger partial charge in [-0.1, -0.05) is 12.1 Å². The van der Waals surface area contributed by atoms with E-state index in [0.717, 1.165) is 5.56 Å². The Kier molecular flexibility index (Phi) is 5.11. The third-order valence-corrected chi connectivity index (χ3v) is 5.12. The van der Waals surface area contributed by atoms with Crippen molar-refractivity contribution in [2.45, 2.75) is 11.3 Å². The van der Waals surface area contributed by atoms with Gasteiger partial charge in [0.1, 0.15) is 0 Å². The minimum atomic E-state index is -3.75. The van der Waals surface area contributed by atoms with Crippen LogP contribution in [0.15, 0.2) is 46.0 Å². The number of esters is 1. The molecule has 0 unspecified atom stereocenters. The van der Waals surface area contributed by atoms with Gasteiger partial charge in [-0.2, -0.15) is 11.3 Å². The van der Waals surface area contributed by atoms with Gasteiger partial charge in [0.25, 0.3) is 0 Å². The Balaban J connectivity index is 2.14. The van der Waals surface area contributed by atoms with Gasteiger partial charge in [-0.15, -0.1) is 0 Å². The monoisotopic (exact) mass is 325 g/mol. The number of carbonyl (C=O) groups is 1. The highest BCUT2D eigenvalue weighted by molar-refractivity contribution is 7.89. The van der Waals surface area contributed by atoms with Crippen molar-refractivity contribution in [1.82, 2.24) is 4.72 Å². The van der Waals surface area contributed by atoms with E-state index in [2.05, 4.69) is 9.46 Å². The van der Waals surface area contributed by atoms with Gasteiger partial charge < -0.3 is 4.74 Å². The summed E-state index contributed by atoms with van der Waals surface area (Å²) in [5.74, 6) is -0.672. The Labute approximate surface area is 127 Å². The van der Waals surface area contributed by atoms with Gasteiger partial charge in [0.15, 0.2) is 0 Å². The van der Waals surface area contributed by atoms with Gasteiger partial charge in [-0.05, 0) is 40.9 Å². The molecule has 0 saturated heterocycles. The normalized spacial score (nSPS) is 11.3. The molecule has 1 aromatic heterocycles. The Hall–Kier alpha value is -1.70. The topological polar surface area (TPSA) is 72.5 Å². The molecule has 0 bridgehead atoms. The van der Waals surface area contributed by atoms with Crippen molar-refractivity contribution in [2.24, 2.45) is 0 Å². The number of thiophene rings is 1. The molecule has 0 aliphatic carbocycles. The second kappa shape index (κ2) is 6.84. The zero-order chi connectivity index (χ0) is 15.3. The maximum atomic E-state index is 12.3. The SMILES string of the molecule is COC(=O)c1ccccc1S(=O)(=O)NCCc1ccsc1. The van der Waals surface area contributed by atoms with Gasteiger partial charge in [0.2, 0.25) is 10.0 Å². The first-order chi connectivity index (χ1) is 10.0.